The van der Waals surface area contributed by atoms with E-state index in [2.05, 4.69) is 26.8 Å². The molecule has 1 amide bonds. The van der Waals surface area contributed by atoms with Gasteiger partial charge in [-0.1, -0.05) is 18.2 Å². The number of imidazole rings is 1. The Balaban J connectivity index is 1.73. The minimum Gasteiger partial charge on any atom is -0.364 e. The van der Waals surface area contributed by atoms with Gasteiger partial charge in [-0.05, 0) is 25.5 Å². The molecule has 0 aliphatic carbocycles. The van der Waals surface area contributed by atoms with Crippen LogP contribution in [0, 0.1) is 6.92 Å². The Morgan fingerprint density at radius 1 is 1.39 bits per heavy atom. The van der Waals surface area contributed by atoms with Crippen molar-refractivity contribution < 1.29 is 4.79 Å². The maximum Gasteiger partial charge on any atom is 0.257 e. The lowest BCUT2D eigenvalue weighted by Gasteiger charge is -2.22. The van der Waals surface area contributed by atoms with Gasteiger partial charge in [0.05, 0.1) is 11.1 Å². The van der Waals surface area contributed by atoms with Crippen LogP contribution in [-0.2, 0) is 6.42 Å². The van der Waals surface area contributed by atoms with E-state index >= 15 is 0 Å². The molecule has 0 saturated heterocycles. The predicted octanol–water partition coefficient (Wildman–Crippen LogP) is 3.56. The fraction of sp³-hybridized carbons (Fsp3) is 0.222. The van der Waals surface area contributed by atoms with Crippen LogP contribution in [-0.4, -0.2) is 20.4 Å². The van der Waals surface area contributed by atoms with Crippen molar-refractivity contribution in [3.8, 4) is 11.4 Å². The third-order valence-electron chi connectivity index (χ3n) is 4.47. The van der Waals surface area contributed by atoms with E-state index in [0.717, 1.165) is 34.8 Å². The van der Waals surface area contributed by atoms with Crippen LogP contribution < -0.4 is 5.32 Å². The summed E-state index contributed by atoms with van der Waals surface area (Å²) in [6.45, 7) is 4.14. The first-order valence-electron chi connectivity index (χ1n) is 7.75. The number of H-pyrrole nitrogens is 1. The van der Waals surface area contributed by atoms with Gasteiger partial charge < -0.3 is 14.9 Å². The minimum absolute atomic E-state index is 0.110. The van der Waals surface area contributed by atoms with Crippen LogP contribution in [0.5, 0.6) is 0 Å². The van der Waals surface area contributed by atoms with Gasteiger partial charge in [0.2, 0.25) is 0 Å². The lowest BCUT2D eigenvalue weighted by molar-refractivity contribution is 0.102. The third-order valence-corrected chi connectivity index (χ3v) is 4.47. The summed E-state index contributed by atoms with van der Waals surface area (Å²) >= 11 is 0. The largest absolute Gasteiger partial charge is 0.364 e. The first-order chi connectivity index (χ1) is 11.1. The van der Waals surface area contributed by atoms with Crippen molar-refractivity contribution in [2.24, 2.45) is 0 Å². The second-order valence-electron chi connectivity index (χ2n) is 6.04. The normalized spacial score (nSPS) is 15.8. The number of para-hydroxylation sites is 1. The lowest BCUT2D eigenvalue weighted by atomic mass is 10.00. The van der Waals surface area contributed by atoms with E-state index in [-0.39, 0.29) is 5.91 Å². The van der Waals surface area contributed by atoms with Crippen molar-refractivity contribution in [2.75, 3.05) is 5.32 Å². The van der Waals surface area contributed by atoms with E-state index in [1.807, 2.05) is 37.4 Å². The predicted molar refractivity (Wildman–Crippen MR) is 89.6 cm³/mol. The molecule has 0 bridgehead atoms. The van der Waals surface area contributed by atoms with Gasteiger partial charge in [0.15, 0.2) is 0 Å². The molecule has 2 N–H and O–H groups in total. The van der Waals surface area contributed by atoms with Crippen LogP contribution in [0.1, 0.15) is 34.6 Å². The quantitative estimate of drug-likeness (QED) is 0.760. The zero-order chi connectivity index (χ0) is 16.0. The molecule has 1 aromatic carbocycles. The van der Waals surface area contributed by atoms with Gasteiger partial charge in [-0.3, -0.25) is 4.79 Å². The maximum absolute atomic E-state index is 12.7. The Hall–Kier alpha value is -2.82. The topological polar surface area (TPSA) is 62.7 Å². The fourth-order valence-corrected chi connectivity index (χ4v) is 3.22. The van der Waals surface area contributed by atoms with E-state index < -0.39 is 0 Å². The third kappa shape index (κ3) is 2.16. The average Bonchev–Trinajstić information content (AvgIpc) is 3.15. The smallest absolute Gasteiger partial charge is 0.257 e. The number of fused-ring (bicyclic) bond motifs is 3. The number of rotatable bonds is 2. The minimum atomic E-state index is -0.110. The van der Waals surface area contributed by atoms with E-state index in [1.165, 1.54) is 0 Å². The zero-order valence-corrected chi connectivity index (χ0v) is 13.1. The van der Waals surface area contributed by atoms with Gasteiger partial charge in [0, 0.05) is 42.4 Å². The standard InChI is InChI=1S/C18H18N4O/c1-11-5-3-4-6-14(11)21-18(23)13-10-20-15-9-12(2)22-8-7-19-17(22)16(13)15/h3-8,10,12,20H,9H2,1-2H3,(H,21,23)/t12-/m1/s1. The summed E-state index contributed by atoms with van der Waals surface area (Å²) in [5.74, 6) is 0.746. The molecule has 116 valence electrons. The second-order valence-corrected chi connectivity index (χ2v) is 6.04. The van der Waals surface area contributed by atoms with Crippen molar-refractivity contribution in [3.63, 3.8) is 0 Å². The Morgan fingerprint density at radius 2 is 2.22 bits per heavy atom. The first-order valence-corrected chi connectivity index (χ1v) is 7.75. The summed E-state index contributed by atoms with van der Waals surface area (Å²) in [6.07, 6.45) is 6.42. The molecule has 23 heavy (non-hydrogen) atoms. The molecule has 0 unspecified atom stereocenters. The van der Waals surface area contributed by atoms with Crippen molar-refractivity contribution in [1.82, 2.24) is 14.5 Å². The van der Waals surface area contributed by atoms with E-state index in [0.29, 0.717) is 11.6 Å². The molecule has 3 aromatic rings. The van der Waals surface area contributed by atoms with Crippen LogP contribution in [0.2, 0.25) is 0 Å². The van der Waals surface area contributed by atoms with Crippen LogP contribution in [0.25, 0.3) is 11.4 Å². The molecule has 5 heteroatoms. The zero-order valence-electron chi connectivity index (χ0n) is 13.1. The molecule has 4 rings (SSSR count). The van der Waals surface area contributed by atoms with Crippen molar-refractivity contribution in [3.05, 3.63) is 59.7 Å². The number of carbonyl (C=O) groups is 1. The maximum atomic E-state index is 12.7. The number of carbonyl (C=O) groups excluding carboxylic acids is 1. The monoisotopic (exact) mass is 306 g/mol. The highest BCUT2D eigenvalue weighted by atomic mass is 16.1. The van der Waals surface area contributed by atoms with Crippen molar-refractivity contribution >= 4 is 11.6 Å². The lowest BCUT2D eigenvalue weighted by Crippen LogP contribution is -2.18. The summed E-state index contributed by atoms with van der Waals surface area (Å²) in [6, 6.07) is 8.11. The number of aromatic amines is 1. The number of hydrogen-bond donors (Lipinski definition) is 2. The van der Waals surface area contributed by atoms with E-state index in [4.69, 9.17) is 0 Å². The highest BCUT2D eigenvalue weighted by Crippen LogP contribution is 2.35. The fourth-order valence-electron chi connectivity index (χ4n) is 3.22. The molecule has 1 atom stereocenters. The molecule has 1 aliphatic rings. The van der Waals surface area contributed by atoms with Crippen LogP contribution >= 0.6 is 0 Å². The van der Waals surface area contributed by atoms with Gasteiger partial charge in [0.1, 0.15) is 5.82 Å². The molecule has 5 nitrogen and oxygen atoms in total. The Kier molecular flexibility index (Phi) is 3.08. The number of anilines is 1. The SMILES string of the molecule is Cc1ccccc1NC(=O)c1c[nH]c2c1-c1nccn1[C@H](C)C2. The molecular weight excluding hydrogens is 288 g/mol. The van der Waals surface area contributed by atoms with Crippen molar-refractivity contribution in [2.45, 2.75) is 26.3 Å². The molecule has 0 spiro atoms. The van der Waals surface area contributed by atoms with Crippen LogP contribution in [0.3, 0.4) is 0 Å². The summed E-state index contributed by atoms with van der Waals surface area (Å²) in [4.78, 5) is 20.5. The highest BCUT2D eigenvalue weighted by Gasteiger charge is 2.28. The summed E-state index contributed by atoms with van der Waals surface area (Å²) in [7, 11) is 0. The molecule has 0 saturated carbocycles. The number of benzene rings is 1. The highest BCUT2D eigenvalue weighted by molar-refractivity contribution is 6.09. The number of nitrogens with one attached hydrogen (secondary N) is 2. The Bertz CT molecular complexity index is 890. The summed E-state index contributed by atoms with van der Waals surface area (Å²) in [5.41, 5.74) is 4.51. The van der Waals surface area contributed by atoms with Gasteiger partial charge in [0.25, 0.3) is 5.91 Å². The van der Waals surface area contributed by atoms with Gasteiger partial charge in [-0.25, -0.2) is 4.98 Å². The number of hydrogen-bond acceptors (Lipinski definition) is 2. The number of aryl methyl sites for hydroxylation is 1. The first kappa shape index (κ1) is 13.8. The number of amides is 1. The number of aromatic nitrogens is 3. The second kappa shape index (κ2) is 5.12. The van der Waals surface area contributed by atoms with Crippen molar-refractivity contribution in [1.29, 1.82) is 0 Å². The summed E-state index contributed by atoms with van der Waals surface area (Å²) < 4.78 is 2.13. The molecule has 1 aliphatic heterocycles. The Labute approximate surface area is 134 Å². The Morgan fingerprint density at radius 3 is 3.04 bits per heavy atom. The van der Waals surface area contributed by atoms with Crippen LogP contribution in [0.4, 0.5) is 5.69 Å². The van der Waals surface area contributed by atoms with E-state index in [1.54, 1.807) is 12.4 Å². The van der Waals surface area contributed by atoms with Gasteiger partial charge in [-0.15, -0.1) is 0 Å². The number of nitrogens with zero attached hydrogens (tertiary/aromatic N) is 2. The van der Waals surface area contributed by atoms with Crippen LogP contribution in [0.15, 0.2) is 42.9 Å². The molecule has 3 heterocycles. The summed E-state index contributed by atoms with van der Waals surface area (Å²) in [5, 5.41) is 3.00. The molecular formula is C18H18N4O. The van der Waals surface area contributed by atoms with E-state index in [9.17, 15) is 4.79 Å². The van der Waals surface area contributed by atoms with Gasteiger partial charge in [-0.2, -0.15) is 0 Å². The molecule has 0 radical (unpaired) electrons. The molecule has 2 aromatic heterocycles. The average molecular weight is 306 g/mol. The van der Waals surface area contributed by atoms with Gasteiger partial charge >= 0.3 is 0 Å². The molecule has 0 fully saturated rings.